The van der Waals surface area contributed by atoms with Crippen LogP contribution < -0.4 is 10.6 Å². The quantitative estimate of drug-likeness (QED) is 0.757. The molecule has 0 saturated carbocycles. The van der Waals surface area contributed by atoms with E-state index in [4.69, 9.17) is 9.26 Å². The molecule has 0 unspecified atom stereocenters. The third-order valence-corrected chi connectivity index (χ3v) is 4.71. The van der Waals surface area contributed by atoms with Crippen LogP contribution in [0.3, 0.4) is 0 Å². The summed E-state index contributed by atoms with van der Waals surface area (Å²) in [6.45, 7) is 6.94. The van der Waals surface area contributed by atoms with E-state index in [-0.39, 0.29) is 11.8 Å². The van der Waals surface area contributed by atoms with Crippen molar-refractivity contribution in [3.05, 3.63) is 41.3 Å². The molecule has 1 aromatic carbocycles. The highest BCUT2D eigenvalue weighted by Gasteiger charge is 2.14. The Labute approximate surface area is 164 Å². The zero-order valence-electron chi connectivity index (χ0n) is 16.3. The number of amides is 2. The number of nitrogens with one attached hydrogen (secondary N) is 2. The molecule has 28 heavy (non-hydrogen) atoms. The third kappa shape index (κ3) is 5.64. The van der Waals surface area contributed by atoms with Crippen LogP contribution in [-0.4, -0.2) is 54.7 Å². The fraction of sp³-hybridized carbons (Fsp3) is 0.450. The van der Waals surface area contributed by atoms with Gasteiger partial charge in [0.25, 0.3) is 0 Å². The Kier molecular flexibility index (Phi) is 6.78. The van der Waals surface area contributed by atoms with Crippen LogP contribution in [0.4, 0.5) is 11.4 Å². The van der Waals surface area contributed by atoms with Crippen molar-refractivity contribution in [1.29, 1.82) is 0 Å². The van der Waals surface area contributed by atoms with Crippen LogP contribution in [0.15, 0.2) is 28.8 Å². The first-order chi connectivity index (χ1) is 13.5. The Balaban J connectivity index is 1.44. The molecular formula is C20H26N4O4. The van der Waals surface area contributed by atoms with E-state index in [1.807, 2.05) is 13.8 Å². The van der Waals surface area contributed by atoms with Gasteiger partial charge in [-0.3, -0.25) is 14.5 Å². The summed E-state index contributed by atoms with van der Waals surface area (Å²) in [5.74, 6) is 0.615. The van der Waals surface area contributed by atoms with Gasteiger partial charge in [0, 0.05) is 36.4 Å². The molecule has 1 aromatic heterocycles. The van der Waals surface area contributed by atoms with Crippen molar-refractivity contribution in [2.45, 2.75) is 26.7 Å². The molecule has 1 aliphatic heterocycles. The first kappa shape index (κ1) is 20.0. The van der Waals surface area contributed by atoms with Gasteiger partial charge in [-0.25, -0.2) is 0 Å². The minimum atomic E-state index is -0.0795. The van der Waals surface area contributed by atoms with Gasteiger partial charge < -0.3 is 19.9 Å². The van der Waals surface area contributed by atoms with Crippen LogP contribution in [-0.2, 0) is 20.7 Å². The van der Waals surface area contributed by atoms with Crippen LogP contribution >= 0.6 is 0 Å². The molecular weight excluding hydrogens is 360 g/mol. The van der Waals surface area contributed by atoms with Gasteiger partial charge >= 0.3 is 0 Å². The summed E-state index contributed by atoms with van der Waals surface area (Å²) in [6, 6.07) is 7.11. The average Bonchev–Trinajstić information content (AvgIpc) is 3.00. The number of carbonyl (C=O) groups is 2. The third-order valence-electron chi connectivity index (χ3n) is 4.71. The number of hydrogen-bond acceptors (Lipinski definition) is 6. The number of morpholine rings is 1. The molecule has 0 atom stereocenters. The standard InChI is InChI=1S/C20H26N4O4/c1-14-18(15(2)28-23-14)7-8-19(25)21-16-3-5-17(6-4-16)22-20(26)13-24-9-11-27-12-10-24/h3-6H,7-13H2,1-2H3,(H,21,25)(H,22,26). The number of ether oxygens (including phenoxy) is 1. The van der Waals surface area contributed by atoms with Crippen molar-refractivity contribution in [2.24, 2.45) is 0 Å². The minimum absolute atomic E-state index is 0.0573. The lowest BCUT2D eigenvalue weighted by Crippen LogP contribution is -2.41. The zero-order chi connectivity index (χ0) is 19.9. The molecule has 1 aliphatic rings. The van der Waals surface area contributed by atoms with Gasteiger partial charge in [0.2, 0.25) is 11.8 Å². The fourth-order valence-electron chi connectivity index (χ4n) is 3.12. The van der Waals surface area contributed by atoms with Crippen LogP contribution in [0, 0.1) is 13.8 Å². The summed E-state index contributed by atoms with van der Waals surface area (Å²) in [5, 5.41) is 9.64. The Bertz CT molecular complexity index is 791. The van der Waals surface area contributed by atoms with Crippen molar-refractivity contribution in [3.8, 4) is 0 Å². The maximum atomic E-state index is 12.2. The molecule has 2 heterocycles. The fourth-order valence-corrected chi connectivity index (χ4v) is 3.12. The maximum Gasteiger partial charge on any atom is 0.238 e. The molecule has 2 amide bonds. The smallest absolute Gasteiger partial charge is 0.238 e. The van der Waals surface area contributed by atoms with Crippen LogP contribution in [0.2, 0.25) is 0 Å². The Morgan fingerprint density at radius 3 is 2.21 bits per heavy atom. The molecule has 1 saturated heterocycles. The van der Waals surface area contributed by atoms with Crippen molar-refractivity contribution < 1.29 is 18.8 Å². The molecule has 8 nitrogen and oxygen atoms in total. The van der Waals surface area contributed by atoms with E-state index in [2.05, 4.69) is 20.7 Å². The van der Waals surface area contributed by atoms with Gasteiger partial charge in [0.05, 0.1) is 25.5 Å². The highest BCUT2D eigenvalue weighted by atomic mass is 16.5. The average molecular weight is 386 g/mol. The van der Waals surface area contributed by atoms with E-state index in [1.165, 1.54) is 0 Å². The highest BCUT2D eigenvalue weighted by Crippen LogP contribution is 2.16. The lowest BCUT2D eigenvalue weighted by atomic mass is 10.1. The van der Waals surface area contributed by atoms with Crippen LogP contribution in [0.1, 0.15) is 23.4 Å². The second-order valence-corrected chi connectivity index (χ2v) is 6.86. The predicted molar refractivity (Wildman–Crippen MR) is 105 cm³/mol. The summed E-state index contributed by atoms with van der Waals surface area (Å²) in [7, 11) is 0. The molecule has 8 heteroatoms. The Morgan fingerprint density at radius 1 is 1.04 bits per heavy atom. The van der Waals surface area contributed by atoms with Gasteiger partial charge in [0.1, 0.15) is 5.76 Å². The monoisotopic (exact) mass is 386 g/mol. The van der Waals surface area contributed by atoms with Gasteiger partial charge in [-0.1, -0.05) is 5.16 Å². The lowest BCUT2D eigenvalue weighted by molar-refractivity contribution is -0.118. The van der Waals surface area contributed by atoms with Gasteiger partial charge in [-0.2, -0.15) is 0 Å². The summed E-state index contributed by atoms with van der Waals surface area (Å²) in [4.78, 5) is 26.3. The Morgan fingerprint density at radius 2 is 1.64 bits per heavy atom. The lowest BCUT2D eigenvalue weighted by Gasteiger charge is -2.25. The largest absolute Gasteiger partial charge is 0.379 e. The number of hydrogen-bond donors (Lipinski definition) is 2. The van der Waals surface area contributed by atoms with Gasteiger partial charge in [-0.15, -0.1) is 0 Å². The topological polar surface area (TPSA) is 96.7 Å². The van der Waals surface area contributed by atoms with Crippen molar-refractivity contribution in [2.75, 3.05) is 43.5 Å². The number of anilines is 2. The molecule has 3 rings (SSSR count). The normalized spacial score (nSPS) is 14.6. The maximum absolute atomic E-state index is 12.2. The van der Waals surface area contributed by atoms with E-state index >= 15 is 0 Å². The SMILES string of the molecule is Cc1noc(C)c1CCC(=O)Nc1ccc(NC(=O)CN2CCOCC2)cc1. The second kappa shape index (κ2) is 9.48. The zero-order valence-corrected chi connectivity index (χ0v) is 16.3. The van der Waals surface area contributed by atoms with E-state index in [0.29, 0.717) is 44.0 Å². The number of carbonyl (C=O) groups excluding carboxylic acids is 2. The molecule has 0 radical (unpaired) electrons. The van der Waals surface area contributed by atoms with Crippen LogP contribution in [0.5, 0.6) is 0 Å². The summed E-state index contributed by atoms with van der Waals surface area (Å²) >= 11 is 0. The first-order valence-corrected chi connectivity index (χ1v) is 9.43. The van der Waals surface area contributed by atoms with E-state index in [9.17, 15) is 9.59 Å². The van der Waals surface area contributed by atoms with Crippen molar-refractivity contribution in [1.82, 2.24) is 10.1 Å². The van der Waals surface area contributed by atoms with E-state index in [0.717, 1.165) is 30.1 Å². The number of aryl methyl sites for hydroxylation is 2. The molecule has 0 aliphatic carbocycles. The molecule has 0 bridgehead atoms. The van der Waals surface area contributed by atoms with Crippen molar-refractivity contribution >= 4 is 23.2 Å². The van der Waals surface area contributed by atoms with E-state index < -0.39 is 0 Å². The van der Waals surface area contributed by atoms with Crippen LogP contribution in [0.25, 0.3) is 0 Å². The summed E-state index contributed by atoms with van der Waals surface area (Å²) in [5.41, 5.74) is 3.19. The summed E-state index contributed by atoms with van der Waals surface area (Å²) < 4.78 is 10.4. The molecule has 150 valence electrons. The number of aromatic nitrogens is 1. The number of nitrogens with zero attached hydrogens (tertiary/aromatic N) is 2. The molecule has 1 fully saturated rings. The minimum Gasteiger partial charge on any atom is -0.379 e. The van der Waals surface area contributed by atoms with E-state index in [1.54, 1.807) is 24.3 Å². The van der Waals surface area contributed by atoms with Gasteiger partial charge in [-0.05, 0) is 44.5 Å². The van der Waals surface area contributed by atoms with Gasteiger partial charge in [0.15, 0.2) is 0 Å². The molecule has 0 spiro atoms. The highest BCUT2D eigenvalue weighted by molar-refractivity contribution is 5.93. The second-order valence-electron chi connectivity index (χ2n) is 6.86. The number of rotatable bonds is 7. The van der Waals surface area contributed by atoms with Crippen molar-refractivity contribution in [3.63, 3.8) is 0 Å². The first-order valence-electron chi connectivity index (χ1n) is 9.43. The predicted octanol–water partition coefficient (Wildman–Crippen LogP) is 2.13. The molecule has 2 aromatic rings. The number of benzene rings is 1. The summed E-state index contributed by atoms with van der Waals surface area (Å²) in [6.07, 6.45) is 0.934. The Hall–Kier alpha value is -2.71. The molecule has 2 N–H and O–H groups in total.